The van der Waals surface area contributed by atoms with Crippen LogP contribution in [0.15, 0.2) is 29.4 Å². The first-order valence-electron chi connectivity index (χ1n) is 7.56. The Morgan fingerprint density at radius 1 is 1.16 bits per heavy atom. The molecule has 130 valence electrons. The van der Waals surface area contributed by atoms with Crippen LogP contribution in [0.5, 0.6) is 0 Å². The Balaban J connectivity index is 1.86. The number of nitrogens with one attached hydrogen (secondary N) is 1. The average molecular weight is 344 g/mol. The van der Waals surface area contributed by atoms with Crippen molar-refractivity contribution in [3.63, 3.8) is 0 Å². The summed E-state index contributed by atoms with van der Waals surface area (Å²) in [6.07, 6.45) is 0.197. The second-order valence-electron chi connectivity index (χ2n) is 5.89. The number of urea groups is 1. The number of carboxylic acid groups (broad SMARTS) is 1. The molecule has 1 atom stereocenters. The minimum absolute atomic E-state index is 0.127. The largest absolute Gasteiger partial charge is 0.478 e. The Hall–Kier alpha value is -3.23. The van der Waals surface area contributed by atoms with Crippen LogP contribution in [0, 0.1) is 5.92 Å². The maximum atomic E-state index is 12.4. The smallest absolute Gasteiger partial charge is 0.336 e. The van der Waals surface area contributed by atoms with Gasteiger partial charge >= 0.3 is 12.0 Å². The molecule has 0 radical (unpaired) electrons. The highest BCUT2D eigenvalue weighted by molar-refractivity contribution is 6.27. The van der Waals surface area contributed by atoms with Gasteiger partial charge in [0.15, 0.2) is 5.92 Å². The van der Waals surface area contributed by atoms with Gasteiger partial charge in [0, 0.05) is 20.5 Å². The molecular weight excluding hydrogens is 328 g/mol. The molecule has 2 aliphatic heterocycles. The van der Waals surface area contributed by atoms with Crippen LogP contribution in [0.25, 0.3) is 0 Å². The van der Waals surface area contributed by atoms with Gasteiger partial charge in [0.2, 0.25) is 11.8 Å². The minimum atomic E-state index is -1.18. The summed E-state index contributed by atoms with van der Waals surface area (Å²) in [6, 6.07) is 5.31. The fourth-order valence-corrected chi connectivity index (χ4v) is 3.01. The lowest BCUT2D eigenvalue weighted by molar-refractivity contribution is -0.144. The normalized spacial score (nSPS) is 21.4. The van der Waals surface area contributed by atoms with E-state index in [0.717, 1.165) is 9.80 Å². The third-order valence-electron chi connectivity index (χ3n) is 4.41. The molecule has 1 unspecified atom stereocenters. The van der Waals surface area contributed by atoms with Crippen LogP contribution in [0.3, 0.4) is 0 Å². The lowest BCUT2D eigenvalue weighted by Crippen LogP contribution is -2.58. The summed E-state index contributed by atoms with van der Waals surface area (Å²) in [6.45, 7) is 0. The number of benzene rings is 1. The summed E-state index contributed by atoms with van der Waals surface area (Å²) in [4.78, 5) is 49.6. The number of rotatable bonds is 3. The molecule has 1 aromatic carbocycles. The van der Waals surface area contributed by atoms with Gasteiger partial charge < -0.3 is 10.5 Å². The van der Waals surface area contributed by atoms with Gasteiger partial charge in [0.25, 0.3) is 0 Å². The van der Waals surface area contributed by atoms with Gasteiger partial charge in [0.1, 0.15) is 0 Å². The van der Waals surface area contributed by atoms with E-state index in [4.69, 9.17) is 0 Å². The van der Waals surface area contributed by atoms with E-state index in [1.165, 1.54) is 20.2 Å². The predicted molar refractivity (Wildman–Crippen MR) is 85.8 cm³/mol. The fraction of sp³-hybridized carbons (Fsp3) is 0.312. The number of hydrogen-bond donors (Lipinski definition) is 2. The Kier molecular flexibility index (Phi) is 3.99. The third-order valence-corrected chi connectivity index (χ3v) is 4.41. The van der Waals surface area contributed by atoms with Crippen molar-refractivity contribution < 1.29 is 24.3 Å². The maximum Gasteiger partial charge on any atom is 0.336 e. The minimum Gasteiger partial charge on any atom is -0.478 e. The quantitative estimate of drug-likeness (QED) is 0.768. The first-order chi connectivity index (χ1) is 11.8. The Bertz CT molecular complexity index is 794. The van der Waals surface area contributed by atoms with Crippen LogP contribution >= 0.6 is 0 Å². The van der Waals surface area contributed by atoms with Crippen molar-refractivity contribution in [2.45, 2.75) is 12.5 Å². The number of carboxylic acids is 1. The lowest BCUT2D eigenvalue weighted by atomic mass is 9.90. The number of carbonyl (C=O) groups excluding carboxylic acids is 3. The van der Waals surface area contributed by atoms with Crippen LogP contribution in [0.4, 0.5) is 4.79 Å². The van der Waals surface area contributed by atoms with Crippen LogP contribution < -0.4 is 5.43 Å². The second kappa shape index (κ2) is 6.00. The average Bonchev–Trinajstić information content (AvgIpc) is 3.08. The second-order valence-corrected chi connectivity index (χ2v) is 5.89. The van der Waals surface area contributed by atoms with Crippen LogP contribution in [-0.2, 0) is 9.59 Å². The molecule has 2 heterocycles. The third kappa shape index (κ3) is 2.63. The summed E-state index contributed by atoms with van der Waals surface area (Å²) >= 11 is 0. The van der Waals surface area contributed by atoms with Crippen LogP contribution in [0.2, 0.25) is 0 Å². The molecule has 0 aliphatic carbocycles. The van der Waals surface area contributed by atoms with Crippen LogP contribution in [0.1, 0.15) is 28.4 Å². The molecule has 25 heavy (non-hydrogen) atoms. The highest BCUT2D eigenvalue weighted by Gasteiger charge is 2.46. The Labute approximate surface area is 142 Å². The predicted octanol–water partition coefficient (Wildman–Crippen LogP) is 0.442. The van der Waals surface area contributed by atoms with E-state index in [9.17, 15) is 24.3 Å². The first kappa shape index (κ1) is 16.6. The number of carbonyl (C=O) groups is 4. The number of barbiturate groups is 1. The van der Waals surface area contributed by atoms with Gasteiger partial charge in [-0.1, -0.05) is 18.2 Å². The van der Waals surface area contributed by atoms with Gasteiger partial charge in [-0.05, 0) is 11.6 Å². The van der Waals surface area contributed by atoms with Crippen molar-refractivity contribution in [3.05, 3.63) is 35.4 Å². The van der Waals surface area contributed by atoms with E-state index in [1.807, 2.05) is 0 Å². The first-order valence-corrected chi connectivity index (χ1v) is 7.56. The SMILES string of the molecule is CN1C(=O)C(C2=NNC(c3ccccc3C(=O)O)C2)C(=O)N(C)C1=O. The van der Waals surface area contributed by atoms with E-state index in [-0.39, 0.29) is 17.7 Å². The summed E-state index contributed by atoms with van der Waals surface area (Å²) < 4.78 is 0. The summed E-state index contributed by atoms with van der Waals surface area (Å²) in [7, 11) is 2.61. The van der Waals surface area contributed by atoms with Gasteiger partial charge in [-0.3, -0.25) is 19.4 Å². The van der Waals surface area contributed by atoms with E-state index in [0.29, 0.717) is 5.56 Å². The van der Waals surface area contributed by atoms with Gasteiger partial charge in [-0.15, -0.1) is 0 Å². The summed E-state index contributed by atoms with van der Waals surface area (Å²) in [5, 5.41) is 13.4. The van der Waals surface area contributed by atoms with E-state index >= 15 is 0 Å². The topological polar surface area (TPSA) is 119 Å². The Morgan fingerprint density at radius 3 is 2.36 bits per heavy atom. The molecule has 0 aromatic heterocycles. The standard InChI is InChI=1S/C16H16N4O5/c1-19-13(21)12(14(22)20(2)16(19)25)11-7-10(17-18-11)8-5-3-4-6-9(8)15(23)24/h3-6,10,12,17H,7H2,1-2H3,(H,23,24). The Morgan fingerprint density at radius 2 is 1.76 bits per heavy atom. The van der Waals surface area contributed by atoms with Crippen molar-refractivity contribution in [2.24, 2.45) is 11.0 Å². The molecule has 0 spiro atoms. The maximum absolute atomic E-state index is 12.4. The molecule has 9 heteroatoms. The number of imide groups is 2. The zero-order chi connectivity index (χ0) is 18.3. The molecule has 2 aliphatic rings. The molecule has 1 fully saturated rings. The molecule has 3 rings (SSSR count). The van der Waals surface area contributed by atoms with Gasteiger partial charge in [-0.25, -0.2) is 9.59 Å². The number of hydrazone groups is 1. The molecule has 1 saturated heterocycles. The van der Waals surface area contributed by atoms with Crippen molar-refractivity contribution >= 4 is 29.5 Å². The molecule has 1 aromatic rings. The summed E-state index contributed by atoms with van der Waals surface area (Å²) in [5.41, 5.74) is 3.72. The molecule has 0 saturated carbocycles. The van der Waals surface area contributed by atoms with Gasteiger partial charge in [0.05, 0.1) is 17.3 Å². The van der Waals surface area contributed by atoms with Crippen molar-refractivity contribution in [2.75, 3.05) is 14.1 Å². The molecule has 9 nitrogen and oxygen atoms in total. The molecule has 0 bridgehead atoms. The van der Waals surface area contributed by atoms with Crippen molar-refractivity contribution in [1.82, 2.24) is 15.2 Å². The number of hydrogen-bond acceptors (Lipinski definition) is 6. The monoisotopic (exact) mass is 344 g/mol. The van der Waals surface area contributed by atoms with E-state index in [1.54, 1.807) is 18.2 Å². The highest BCUT2D eigenvalue weighted by Crippen LogP contribution is 2.29. The fourth-order valence-electron chi connectivity index (χ4n) is 3.01. The summed E-state index contributed by atoms with van der Waals surface area (Å²) in [5.74, 6) is -3.52. The van der Waals surface area contributed by atoms with E-state index < -0.39 is 35.8 Å². The number of nitrogens with zero attached hydrogens (tertiary/aromatic N) is 3. The number of aromatic carboxylic acids is 1. The molecular formula is C16H16N4O5. The zero-order valence-corrected chi connectivity index (χ0v) is 13.6. The van der Waals surface area contributed by atoms with Gasteiger partial charge in [-0.2, -0.15) is 5.10 Å². The van der Waals surface area contributed by atoms with E-state index in [2.05, 4.69) is 10.5 Å². The number of amides is 4. The van der Waals surface area contributed by atoms with Crippen molar-refractivity contribution in [3.8, 4) is 0 Å². The molecule has 2 N–H and O–H groups in total. The lowest BCUT2D eigenvalue weighted by Gasteiger charge is -2.32. The van der Waals surface area contributed by atoms with Crippen LogP contribution in [-0.4, -0.2) is 58.5 Å². The highest BCUT2D eigenvalue weighted by atomic mass is 16.4. The molecule has 4 amide bonds. The zero-order valence-electron chi connectivity index (χ0n) is 13.6. The van der Waals surface area contributed by atoms with Crippen molar-refractivity contribution in [1.29, 1.82) is 0 Å².